The number of ether oxygens (including phenoxy) is 1. The zero-order valence-electron chi connectivity index (χ0n) is 19.3. The lowest BCUT2D eigenvalue weighted by atomic mass is 9.89. The zero-order chi connectivity index (χ0) is 22.9. The number of hydrogen-bond acceptors (Lipinski definition) is 3. The molecule has 1 aliphatic rings. The van der Waals surface area contributed by atoms with Crippen LogP contribution in [-0.4, -0.2) is 43.1 Å². The Morgan fingerprint density at radius 2 is 1.72 bits per heavy atom. The topological polar surface area (TPSA) is 70.7 Å². The second-order valence-electron chi connectivity index (χ2n) is 8.65. The van der Waals surface area contributed by atoms with Crippen molar-refractivity contribution in [3.8, 4) is 5.75 Å². The third-order valence-corrected chi connectivity index (χ3v) is 6.41. The van der Waals surface area contributed by atoms with Crippen LogP contribution in [0, 0.1) is 11.8 Å². The van der Waals surface area contributed by atoms with Gasteiger partial charge in [0.05, 0.1) is 7.11 Å². The molecule has 1 saturated heterocycles. The normalized spacial score (nSPS) is 16.2. The number of likely N-dealkylation sites (tertiary alicyclic amines) is 1. The highest BCUT2D eigenvalue weighted by atomic mass is 16.5. The maximum absolute atomic E-state index is 13.3. The summed E-state index contributed by atoms with van der Waals surface area (Å²) in [6, 6.07) is 16.7. The van der Waals surface area contributed by atoms with Gasteiger partial charge in [-0.15, -0.1) is 0 Å². The minimum atomic E-state index is -0.538. The largest absolute Gasteiger partial charge is 0.497 e. The number of rotatable bonds is 8. The highest BCUT2D eigenvalue weighted by Gasteiger charge is 2.32. The third kappa shape index (κ3) is 6.49. The smallest absolute Gasteiger partial charge is 0.319 e. The summed E-state index contributed by atoms with van der Waals surface area (Å²) < 4.78 is 5.15. The minimum Gasteiger partial charge on any atom is -0.497 e. The summed E-state index contributed by atoms with van der Waals surface area (Å²) in [6.45, 7) is 5.54. The van der Waals surface area contributed by atoms with Gasteiger partial charge >= 0.3 is 6.03 Å². The Labute approximate surface area is 191 Å². The molecule has 2 atom stereocenters. The number of urea groups is 1. The van der Waals surface area contributed by atoms with Crippen LogP contribution in [0.15, 0.2) is 54.6 Å². The average Bonchev–Trinajstić information content (AvgIpc) is 2.83. The highest BCUT2D eigenvalue weighted by molar-refractivity contribution is 5.94. The Kier molecular flexibility index (Phi) is 8.54. The Bertz CT molecular complexity index is 862. The van der Waals surface area contributed by atoms with Crippen LogP contribution in [0.2, 0.25) is 0 Å². The molecule has 1 fully saturated rings. The molecule has 0 spiro atoms. The van der Waals surface area contributed by atoms with E-state index in [0.717, 1.165) is 44.5 Å². The molecular weight excluding hydrogens is 402 g/mol. The molecule has 172 valence electrons. The van der Waals surface area contributed by atoms with Crippen molar-refractivity contribution in [1.82, 2.24) is 10.2 Å². The van der Waals surface area contributed by atoms with Crippen molar-refractivity contribution in [3.05, 3.63) is 60.2 Å². The number of amides is 3. The van der Waals surface area contributed by atoms with Crippen LogP contribution in [0.4, 0.5) is 10.5 Å². The van der Waals surface area contributed by atoms with E-state index in [9.17, 15) is 9.59 Å². The number of piperidine rings is 1. The number of methoxy groups -OCH3 is 1. The standard InChI is InChI=1S/C26H35N3O3/c1-4-19(2)24(28-26(31)27-22-10-12-23(32-3)13-11-22)25(30)29-16-14-21(15-17-29)18-20-8-6-5-7-9-20/h5-13,19,21,24H,4,14-18H2,1-3H3,(H2,27,28,31)/t19-,24+/m1/s1. The fraction of sp³-hybridized carbons (Fsp3) is 0.462. The predicted octanol–water partition coefficient (Wildman–Crippen LogP) is 4.71. The fourth-order valence-electron chi connectivity index (χ4n) is 4.17. The summed E-state index contributed by atoms with van der Waals surface area (Å²) in [5.41, 5.74) is 2.01. The molecule has 3 amide bonds. The third-order valence-electron chi connectivity index (χ3n) is 6.41. The van der Waals surface area contributed by atoms with Gasteiger partial charge in [-0.05, 0) is 60.9 Å². The summed E-state index contributed by atoms with van der Waals surface area (Å²) in [7, 11) is 1.60. The lowest BCUT2D eigenvalue weighted by molar-refractivity contribution is -0.135. The van der Waals surface area contributed by atoms with Crippen molar-refractivity contribution in [2.75, 3.05) is 25.5 Å². The molecule has 2 N–H and O–H groups in total. The van der Waals surface area contributed by atoms with Crippen molar-refractivity contribution in [3.63, 3.8) is 0 Å². The maximum Gasteiger partial charge on any atom is 0.319 e. The van der Waals surface area contributed by atoms with Gasteiger partial charge in [-0.25, -0.2) is 4.79 Å². The van der Waals surface area contributed by atoms with E-state index in [4.69, 9.17) is 4.74 Å². The van der Waals surface area contributed by atoms with Crippen LogP contribution in [0.3, 0.4) is 0 Å². The van der Waals surface area contributed by atoms with Crippen LogP contribution in [0.25, 0.3) is 0 Å². The van der Waals surface area contributed by atoms with E-state index in [0.29, 0.717) is 11.6 Å². The monoisotopic (exact) mass is 437 g/mol. The Hall–Kier alpha value is -3.02. The van der Waals surface area contributed by atoms with Crippen molar-refractivity contribution >= 4 is 17.6 Å². The Morgan fingerprint density at radius 3 is 2.31 bits per heavy atom. The van der Waals surface area contributed by atoms with Crippen LogP contribution in [0.5, 0.6) is 5.75 Å². The van der Waals surface area contributed by atoms with Gasteiger partial charge in [0.15, 0.2) is 0 Å². The number of nitrogens with one attached hydrogen (secondary N) is 2. The number of carbonyl (C=O) groups is 2. The molecule has 6 nitrogen and oxygen atoms in total. The minimum absolute atomic E-state index is 0.0161. The van der Waals surface area contributed by atoms with Crippen molar-refractivity contribution in [2.24, 2.45) is 11.8 Å². The summed E-state index contributed by atoms with van der Waals surface area (Å²) in [6.07, 6.45) is 3.85. The molecule has 0 unspecified atom stereocenters. The number of hydrogen-bond donors (Lipinski definition) is 2. The van der Waals surface area contributed by atoms with E-state index < -0.39 is 6.04 Å². The number of anilines is 1. The van der Waals surface area contributed by atoms with Gasteiger partial charge in [-0.3, -0.25) is 4.79 Å². The molecule has 0 radical (unpaired) electrons. The summed E-state index contributed by atoms with van der Waals surface area (Å²) in [5.74, 6) is 1.38. The van der Waals surface area contributed by atoms with Gasteiger partial charge in [-0.1, -0.05) is 50.6 Å². The molecule has 0 aliphatic carbocycles. The van der Waals surface area contributed by atoms with E-state index in [2.05, 4.69) is 34.9 Å². The lowest BCUT2D eigenvalue weighted by Gasteiger charge is -2.36. The van der Waals surface area contributed by atoms with Crippen LogP contribution in [0.1, 0.15) is 38.7 Å². The molecule has 2 aromatic carbocycles. The van der Waals surface area contributed by atoms with E-state index >= 15 is 0 Å². The number of carbonyl (C=O) groups excluding carboxylic acids is 2. The summed E-state index contributed by atoms with van der Waals surface area (Å²) in [4.78, 5) is 27.8. The second kappa shape index (κ2) is 11.6. The van der Waals surface area contributed by atoms with Gasteiger partial charge in [0, 0.05) is 18.8 Å². The molecule has 0 saturated carbocycles. The van der Waals surface area contributed by atoms with E-state index in [1.165, 1.54) is 5.56 Å². The quantitative estimate of drug-likeness (QED) is 0.628. The first-order valence-electron chi connectivity index (χ1n) is 11.5. The van der Waals surface area contributed by atoms with Crippen molar-refractivity contribution in [1.29, 1.82) is 0 Å². The molecule has 3 rings (SSSR count). The molecule has 32 heavy (non-hydrogen) atoms. The zero-order valence-corrected chi connectivity index (χ0v) is 19.3. The number of benzene rings is 2. The van der Waals surface area contributed by atoms with Crippen molar-refractivity contribution < 1.29 is 14.3 Å². The lowest BCUT2D eigenvalue weighted by Crippen LogP contribution is -2.54. The van der Waals surface area contributed by atoms with Gasteiger partial charge in [-0.2, -0.15) is 0 Å². The molecule has 1 heterocycles. The maximum atomic E-state index is 13.3. The molecule has 6 heteroatoms. The van der Waals surface area contributed by atoms with Gasteiger partial charge in [0.1, 0.15) is 11.8 Å². The van der Waals surface area contributed by atoms with E-state index in [1.54, 1.807) is 31.4 Å². The van der Waals surface area contributed by atoms with Crippen LogP contribution >= 0.6 is 0 Å². The summed E-state index contributed by atoms with van der Waals surface area (Å²) in [5, 5.41) is 5.74. The van der Waals surface area contributed by atoms with E-state index in [1.807, 2.05) is 24.8 Å². The summed E-state index contributed by atoms with van der Waals surface area (Å²) >= 11 is 0. The molecule has 0 bridgehead atoms. The first-order chi connectivity index (χ1) is 15.5. The Balaban J connectivity index is 1.55. The van der Waals surface area contributed by atoms with E-state index in [-0.39, 0.29) is 17.9 Å². The molecule has 2 aromatic rings. The van der Waals surface area contributed by atoms with Gasteiger partial charge in [0.25, 0.3) is 0 Å². The SMILES string of the molecule is CC[C@@H](C)[C@H](NC(=O)Nc1ccc(OC)cc1)C(=O)N1CCC(Cc2ccccc2)CC1. The highest BCUT2D eigenvalue weighted by Crippen LogP contribution is 2.23. The van der Waals surface area contributed by atoms with Crippen molar-refractivity contribution in [2.45, 2.75) is 45.6 Å². The molecular formula is C26H35N3O3. The first-order valence-corrected chi connectivity index (χ1v) is 11.5. The predicted molar refractivity (Wildman–Crippen MR) is 128 cm³/mol. The fourth-order valence-corrected chi connectivity index (χ4v) is 4.17. The molecule has 0 aromatic heterocycles. The number of nitrogens with zero attached hydrogens (tertiary/aromatic N) is 1. The average molecular weight is 438 g/mol. The Morgan fingerprint density at radius 1 is 1.06 bits per heavy atom. The second-order valence-corrected chi connectivity index (χ2v) is 8.65. The first kappa shape index (κ1) is 23.6. The van der Waals surface area contributed by atoms with Gasteiger partial charge < -0.3 is 20.3 Å². The van der Waals surface area contributed by atoms with Crippen LogP contribution < -0.4 is 15.4 Å². The van der Waals surface area contributed by atoms with Gasteiger partial charge in [0.2, 0.25) is 5.91 Å². The van der Waals surface area contributed by atoms with Crippen LogP contribution in [-0.2, 0) is 11.2 Å². The molecule has 1 aliphatic heterocycles.